The average molecular weight is 300 g/mol. The van der Waals surface area contributed by atoms with Gasteiger partial charge in [0.05, 0.1) is 5.69 Å². The van der Waals surface area contributed by atoms with E-state index in [-0.39, 0.29) is 16.6 Å². The minimum absolute atomic E-state index is 0.0946. The number of carbonyl (C=O) groups excluding carboxylic acids is 1. The Hall–Kier alpha value is -1.41. The number of aromatic amines is 1. The number of hydrogen-bond acceptors (Lipinski definition) is 4. The van der Waals surface area contributed by atoms with Crippen LogP contribution in [0.25, 0.3) is 0 Å². The molecule has 1 aromatic heterocycles. The van der Waals surface area contributed by atoms with Crippen molar-refractivity contribution < 1.29 is 13.2 Å². The van der Waals surface area contributed by atoms with Crippen molar-refractivity contribution in [3.8, 4) is 0 Å². The number of H-pyrrole nitrogens is 1. The van der Waals surface area contributed by atoms with E-state index in [2.05, 4.69) is 22.4 Å². The number of primary sulfonamides is 1. The molecule has 0 atom stereocenters. The molecule has 0 saturated heterocycles. The standard InChI is InChI=1S/C12H20N4O3S/c1-3-4-9-11(20(13,18)19)10(16-15-9)12(17)14-8-5-7(2)6-8/h7-8H,3-6H2,1-2H3,(H,14,17)(H,15,16)(H2,13,18,19). The highest BCUT2D eigenvalue weighted by Crippen LogP contribution is 2.27. The molecule has 20 heavy (non-hydrogen) atoms. The molecule has 112 valence electrons. The molecule has 1 heterocycles. The van der Waals surface area contributed by atoms with E-state index in [1.54, 1.807) is 0 Å². The molecule has 4 N–H and O–H groups in total. The Labute approximate surface area is 118 Å². The summed E-state index contributed by atoms with van der Waals surface area (Å²) < 4.78 is 23.3. The van der Waals surface area contributed by atoms with Crippen LogP contribution in [-0.4, -0.2) is 30.6 Å². The van der Waals surface area contributed by atoms with Gasteiger partial charge in [0.15, 0.2) is 5.69 Å². The molecule has 0 aliphatic heterocycles. The van der Waals surface area contributed by atoms with E-state index in [0.29, 0.717) is 18.0 Å². The summed E-state index contributed by atoms with van der Waals surface area (Å²) in [5, 5.41) is 14.4. The maximum absolute atomic E-state index is 12.1. The Morgan fingerprint density at radius 2 is 2.15 bits per heavy atom. The maximum atomic E-state index is 12.1. The molecule has 0 spiro atoms. The lowest BCUT2D eigenvalue weighted by atomic mass is 9.82. The molecule has 1 aromatic rings. The van der Waals surface area contributed by atoms with Crippen molar-refractivity contribution in [2.75, 3.05) is 0 Å². The van der Waals surface area contributed by atoms with Crippen molar-refractivity contribution in [2.45, 2.75) is 50.5 Å². The van der Waals surface area contributed by atoms with Crippen LogP contribution in [0.15, 0.2) is 4.90 Å². The minimum atomic E-state index is -3.98. The highest BCUT2D eigenvalue weighted by Gasteiger charge is 2.31. The van der Waals surface area contributed by atoms with Crippen LogP contribution in [-0.2, 0) is 16.4 Å². The topological polar surface area (TPSA) is 118 Å². The normalized spacial score (nSPS) is 22.4. The second kappa shape index (κ2) is 5.53. The smallest absolute Gasteiger partial charge is 0.273 e. The molecule has 0 bridgehead atoms. The summed E-state index contributed by atoms with van der Waals surface area (Å²) >= 11 is 0. The third-order valence-corrected chi connectivity index (χ3v) is 4.51. The fourth-order valence-corrected chi connectivity index (χ4v) is 3.42. The Balaban J connectivity index is 2.24. The van der Waals surface area contributed by atoms with E-state index in [9.17, 15) is 13.2 Å². The Bertz CT molecular complexity index is 602. The summed E-state index contributed by atoms with van der Waals surface area (Å²) in [5.41, 5.74) is 0.262. The van der Waals surface area contributed by atoms with Gasteiger partial charge in [-0.3, -0.25) is 9.89 Å². The van der Waals surface area contributed by atoms with Gasteiger partial charge in [-0.1, -0.05) is 20.3 Å². The first-order valence-electron chi connectivity index (χ1n) is 6.73. The highest BCUT2D eigenvalue weighted by molar-refractivity contribution is 7.89. The van der Waals surface area contributed by atoms with E-state index in [4.69, 9.17) is 5.14 Å². The van der Waals surface area contributed by atoms with Gasteiger partial charge in [0.25, 0.3) is 5.91 Å². The SMILES string of the molecule is CCCc1[nH]nc(C(=O)NC2CC(C)C2)c1S(N)(=O)=O. The second-order valence-electron chi connectivity index (χ2n) is 5.42. The number of aromatic nitrogens is 2. The monoisotopic (exact) mass is 300 g/mol. The zero-order valence-corrected chi connectivity index (χ0v) is 12.5. The first-order valence-corrected chi connectivity index (χ1v) is 8.28. The molecule has 1 amide bonds. The number of aryl methyl sites for hydroxylation is 1. The molecule has 2 rings (SSSR count). The summed E-state index contributed by atoms with van der Waals surface area (Å²) in [5.74, 6) is 0.109. The molecule has 0 radical (unpaired) electrons. The molecule has 1 aliphatic carbocycles. The van der Waals surface area contributed by atoms with Gasteiger partial charge in [0, 0.05) is 6.04 Å². The van der Waals surface area contributed by atoms with Crippen molar-refractivity contribution in [1.29, 1.82) is 0 Å². The average Bonchev–Trinajstić information content (AvgIpc) is 2.71. The Morgan fingerprint density at radius 1 is 1.50 bits per heavy atom. The molecule has 7 nitrogen and oxygen atoms in total. The molecule has 1 fully saturated rings. The summed E-state index contributed by atoms with van der Waals surface area (Å²) in [6, 6.07) is 0.0946. The lowest BCUT2D eigenvalue weighted by Gasteiger charge is -2.33. The van der Waals surface area contributed by atoms with E-state index < -0.39 is 15.9 Å². The fourth-order valence-electron chi connectivity index (χ4n) is 2.52. The van der Waals surface area contributed by atoms with Crippen LogP contribution < -0.4 is 10.5 Å². The highest BCUT2D eigenvalue weighted by atomic mass is 32.2. The van der Waals surface area contributed by atoms with E-state index in [1.165, 1.54) is 0 Å². The summed E-state index contributed by atoms with van der Waals surface area (Å²) in [4.78, 5) is 11.9. The number of hydrogen-bond donors (Lipinski definition) is 3. The third kappa shape index (κ3) is 3.01. The molecule has 8 heteroatoms. The third-order valence-electron chi connectivity index (χ3n) is 3.50. The van der Waals surface area contributed by atoms with Crippen molar-refractivity contribution in [3.05, 3.63) is 11.4 Å². The lowest BCUT2D eigenvalue weighted by molar-refractivity contribution is 0.0887. The maximum Gasteiger partial charge on any atom is 0.273 e. The van der Waals surface area contributed by atoms with Gasteiger partial charge in [-0.15, -0.1) is 0 Å². The quantitative estimate of drug-likeness (QED) is 0.735. The zero-order chi connectivity index (χ0) is 14.9. The number of nitrogens with zero attached hydrogens (tertiary/aromatic N) is 1. The number of rotatable bonds is 5. The van der Waals surface area contributed by atoms with Crippen molar-refractivity contribution >= 4 is 15.9 Å². The number of carbonyl (C=O) groups is 1. The van der Waals surface area contributed by atoms with Crippen LogP contribution in [0.4, 0.5) is 0 Å². The Kier molecular flexibility index (Phi) is 4.14. The molecular weight excluding hydrogens is 280 g/mol. The Morgan fingerprint density at radius 3 is 2.65 bits per heavy atom. The predicted octanol–water partition coefficient (Wildman–Crippen LogP) is 0.538. The number of amides is 1. The molecule has 0 aromatic carbocycles. The van der Waals surface area contributed by atoms with Crippen molar-refractivity contribution in [2.24, 2.45) is 11.1 Å². The zero-order valence-electron chi connectivity index (χ0n) is 11.6. The van der Waals surface area contributed by atoms with Gasteiger partial charge in [-0.25, -0.2) is 13.6 Å². The summed E-state index contributed by atoms with van der Waals surface area (Å²) in [6.07, 6.45) is 3.02. The van der Waals surface area contributed by atoms with Crippen LogP contribution in [0, 0.1) is 5.92 Å². The van der Waals surface area contributed by atoms with Crippen LogP contribution >= 0.6 is 0 Å². The molecule has 1 saturated carbocycles. The largest absolute Gasteiger partial charge is 0.348 e. The van der Waals surface area contributed by atoms with Crippen molar-refractivity contribution in [1.82, 2.24) is 15.5 Å². The van der Waals surface area contributed by atoms with Crippen LogP contribution in [0.3, 0.4) is 0 Å². The lowest BCUT2D eigenvalue weighted by Crippen LogP contribution is -2.44. The van der Waals surface area contributed by atoms with E-state index in [1.807, 2.05) is 6.92 Å². The molecular formula is C12H20N4O3S. The van der Waals surface area contributed by atoms with Gasteiger partial charge >= 0.3 is 0 Å². The van der Waals surface area contributed by atoms with Gasteiger partial charge in [-0.2, -0.15) is 5.10 Å². The van der Waals surface area contributed by atoms with E-state index >= 15 is 0 Å². The van der Waals surface area contributed by atoms with Gasteiger partial charge in [0.2, 0.25) is 10.0 Å². The van der Waals surface area contributed by atoms with Crippen LogP contribution in [0.1, 0.15) is 49.3 Å². The first-order chi connectivity index (χ1) is 9.32. The number of nitrogens with one attached hydrogen (secondary N) is 2. The first kappa shape index (κ1) is 15.0. The van der Waals surface area contributed by atoms with Crippen molar-refractivity contribution in [3.63, 3.8) is 0 Å². The molecule has 1 aliphatic rings. The number of nitrogens with two attached hydrogens (primary N) is 1. The van der Waals surface area contributed by atoms with Crippen LogP contribution in [0.5, 0.6) is 0 Å². The number of sulfonamides is 1. The summed E-state index contributed by atoms with van der Waals surface area (Å²) in [7, 11) is -3.98. The van der Waals surface area contributed by atoms with Gasteiger partial charge in [0.1, 0.15) is 4.90 Å². The van der Waals surface area contributed by atoms with Crippen LogP contribution in [0.2, 0.25) is 0 Å². The summed E-state index contributed by atoms with van der Waals surface area (Å²) in [6.45, 7) is 4.01. The second-order valence-corrected chi connectivity index (χ2v) is 6.92. The minimum Gasteiger partial charge on any atom is -0.348 e. The van der Waals surface area contributed by atoms with Gasteiger partial charge < -0.3 is 5.32 Å². The molecule has 0 unspecified atom stereocenters. The fraction of sp³-hybridized carbons (Fsp3) is 0.667. The van der Waals surface area contributed by atoms with Gasteiger partial charge in [-0.05, 0) is 25.2 Å². The predicted molar refractivity (Wildman–Crippen MR) is 73.6 cm³/mol. The van der Waals surface area contributed by atoms with E-state index in [0.717, 1.165) is 19.3 Å².